The topological polar surface area (TPSA) is 47.6 Å². The van der Waals surface area contributed by atoms with Crippen LogP contribution >= 0.6 is 27.5 Å². The van der Waals surface area contributed by atoms with Gasteiger partial charge in [0.15, 0.2) is 0 Å². The lowest BCUT2D eigenvalue weighted by molar-refractivity contribution is -0.121. The zero-order valence-electron chi connectivity index (χ0n) is 13.4. The van der Waals surface area contributed by atoms with Gasteiger partial charge >= 0.3 is 0 Å². The van der Waals surface area contributed by atoms with E-state index in [1.54, 1.807) is 13.2 Å². The van der Waals surface area contributed by atoms with Gasteiger partial charge in [0.05, 0.1) is 23.2 Å². The lowest BCUT2D eigenvalue weighted by Crippen LogP contribution is -2.23. The number of hydrogen-bond donors (Lipinski definition) is 1. The maximum absolute atomic E-state index is 11.9. The molecule has 1 amide bonds. The minimum atomic E-state index is -0.00954. The number of amides is 1. The highest BCUT2D eigenvalue weighted by Gasteiger charge is 2.05. The molecule has 0 aromatic heterocycles. The second kappa shape index (κ2) is 9.55. The summed E-state index contributed by atoms with van der Waals surface area (Å²) in [5, 5.41) is 3.47. The third-order valence-electron chi connectivity index (χ3n) is 3.35. The van der Waals surface area contributed by atoms with Crippen molar-refractivity contribution in [2.45, 2.75) is 19.4 Å². The summed E-state index contributed by atoms with van der Waals surface area (Å²) in [6.07, 6.45) is 1.03. The largest absolute Gasteiger partial charge is 0.496 e. The first-order valence-electron chi connectivity index (χ1n) is 7.56. The fraction of sp³-hybridized carbons (Fsp3) is 0.278. The zero-order valence-corrected chi connectivity index (χ0v) is 15.7. The molecule has 2 aromatic carbocycles. The number of ether oxygens (including phenoxy) is 2. The number of para-hydroxylation sites is 1. The molecule has 0 radical (unpaired) electrons. The van der Waals surface area contributed by atoms with Gasteiger partial charge in [-0.3, -0.25) is 4.79 Å². The summed E-state index contributed by atoms with van der Waals surface area (Å²) >= 11 is 9.43. The number of nitrogens with one attached hydrogen (secondary N) is 1. The van der Waals surface area contributed by atoms with Crippen LogP contribution in [-0.2, 0) is 11.3 Å². The predicted molar refractivity (Wildman–Crippen MR) is 98.7 cm³/mol. The van der Waals surface area contributed by atoms with Crippen LogP contribution in [0.4, 0.5) is 0 Å². The van der Waals surface area contributed by atoms with E-state index in [2.05, 4.69) is 21.2 Å². The molecule has 0 heterocycles. The van der Waals surface area contributed by atoms with Gasteiger partial charge in [0.25, 0.3) is 0 Å². The maximum Gasteiger partial charge on any atom is 0.220 e. The van der Waals surface area contributed by atoms with Crippen LogP contribution in [0.3, 0.4) is 0 Å². The van der Waals surface area contributed by atoms with Gasteiger partial charge in [0, 0.05) is 13.0 Å². The summed E-state index contributed by atoms with van der Waals surface area (Å²) in [5.74, 6) is 1.40. The molecule has 0 aliphatic heterocycles. The molecule has 0 aliphatic rings. The summed E-state index contributed by atoms with van der Waals surface area (Å²) in [5.41, 5.74) is 1.00. The Morgan fingerprint density at radius 1 is 1.21 bits per heavy atom. The van der Waals surface area contributed by atoms with E-state index >= 15 is 0 Å². The molecule has 0 unspecified atom stereocenters. The van der Waals surface area contributed by atoms with Gasteiger partial charge in [0.2, 0.25) is 5.91 Å². The van der Waals surface area contributed by atoms with E-state index in [-0.39, 0.29) is 5.91 Å². The van der Waals surface area contributed by atoms with Crippen LogP contribution in [0.15, 0.2) is 46.9 Å². The van der Waals surface area contributed by atoms with E-state index in [9.17, 15) is 4.79 Å². The van der Waals surface area contributed by atoms with Crippen LogP contribution in [0.5, 0.6) is 11.5 Å². The Hall–Kier alpha value is -1.72. The van der Waals surface area contributed by atoms with Crippen molar-refractivity contribution >= 4 is 33.4 Å². The molecule has 0 atom stereocenters. The fourth-order valence-electron chi connectivity index (χ4n) is 2.09. The van der Waals surface area contributed by atoms with Crippen molar-refractivity contribution in [2.75, 3.05) is 13.7 Å². The van der Waals surface area contributed by atoms with Crippen molar-refractivity contribution < 1.29 is 14.3 Å². The predicted octanol–water partition coefficient (Wildman–Crippen LogP) is 4.59. The maximum atomic E-state index is 11.9. The summed E-state index contributed by atoms with van der Waals surface area (Å²) in [4.78, 5) is 11.9. The van der Waals surface area contributed by atoms with Gasteiger partial charge in [-0.2, -0.15) is 0 Å². The Morgan fingerprint density at radius 2 is 2.00 bits per heavy atom. The zero-order chi connectivity index (χ0) is 17.4. The van der Waals surface area contributed by atoms with Crippen LogP contribution in [0.25, 0.3) is 0 Å². The van der Waals surface area contributed by atoms with Gasteiger partial charge in [-0.05, 0) is 52.2 Å². The van der Waals surface area contributed by atoms with Crippen molar-refractivity contribution in [3.05, 3.63) is 57.5 Å². The molecule has 0 aliphatic carbocycles. The first-order chi connectivity index (χ1) is 11.6. The van der Waals surface area contributed by atoms with Gasteiger partial charge < -0.3 is 14.8 Å². The molecule has 128 valence electrons. The van der Waals surface area contributed by atoms with Gasteiger partial charge in [-0.25, -0.2) is 0 Å². The number of rotatable bonds is 8. The molecule has 0 saturated heterocycles. The number of carbonyl (C=O) groups is 1. The number of hydrogen-bond acceptors (Lipinski definition) is 3. The van der Waals surface area contributed by atoms with E-state index in [0.29, 0.717) is 36.8 Å². The van der Waals surface area contributed by atoms with Crippen LogP contribution in [0, 0.1) is 0 Å². The third-order valence-corrected chi connectivity index (χ3v) is 4.28. The molecule has 0 fully saturated rings. The van der Waals surface area contributed by atoms with Crippen LogP contribution < -0.4 is 14.8 Å². The first kappa shape index (κ1) is 18.6. The summed E-state index contributed by atoms with van der Waals surface area (Å²) in [6, 6.07) is 13.0. The second-order valence-corrected chi connectivity index (χ2v) is 6.39. The minimum absolute atomic E-state index is 0.00954. The van der Waals surface area contributed by atoms with Crippen molar-refractivity contribution in [3.63, 3.8) is 0 Å². The van der Waals surface area contributed by atoms with Crippen molar-refractivity contribution in [1.29, 1.82) is 0 Å². The van der Waals surface area contributed by atoms with E-state index in [4.69, 9.17) is 21.1 Å². The molecule has 0 bridgehead atoms. The molecule has 24 heavy (non-hydrogen) atoms. The van der Waals surface area contributed by atoms with Crippen LogP contribution in [0.2, 0.25) is 5.02 Å². The molecule has 0 saturated carbocycles. The Bertz CT molecular complexity index is 694. The lowest BCUT2D eigenvalue weighted by atomic mass is 10.2. The number of halogens is 2. The number of benzene rings is 2. The van der Waals surface area contributed by atoms with Crippen molar-refractivity contribution in [3.8, 4) is 11.5 Å². The quantitative estimate of drug-likeness (QED) is 0.645. The van der Waals surface area contributed by atoms with Crippen LogP contribution in [-0.4, -0.2) is 19.6 Å². The molecule has 4 nitrogen and oxygen atoms in total. The van der Waals surface area contributed by atoms with E-state index < -0.39 is 0 Å². The fourth-order valence-corrected chi connectivity index (χ4v) is 2.86. The number of carbonyl (C=O) groups excluding carboxylic acids is 1. The normalized spacial score (nSPS) is 10.3. The average molecular weight is 413 g/mol. The highest BCUT2D eigenvalue weighted by atomic mass is 79.9. The SMILES string of the molecule is COc1ccc(CNC(=O)CCCOc2ccccc2Cl)cc1Br. The van der Waals surface area contributed by atoms with Crippen molar-refractivity contribution in [2.24, 2.45) is 0 Å². The summed E-state index contributed by atoms with van der Waals surface area (Å²) < 4.78 is 11.6. The summed E-state index contributed by atoms with van der Waals surface area (Å²) in [6.45, 7) is 0.929. The van der Waals surface area contributed by atoms with E-state index in [0.717, 1.165) is 15.8 Å². The first-order valence-corrected chi connectivity index (χ1v) is 8.73. The average Bonchev–Trinajstić information content (AvgIpc) is 2.58. The van der Waals surface area contributed by atoms with Crippen LogP contribution in [0.1, 0.15) is 18.4 Å². The minimum Gasteiger partial charge on any atom is -0.496 e. The second-order valence-electron chi connectivity index (χ2n) is 5.13. The highest BCUT2D eigenvalue weighted by Crippen LogP contribution is 2.25. The molecule has 2 rings (SSSR count). The van der Waals surface area contributed by atoms with E-state index in [1.165, 1.54) is 0 Å². The van der Waals surface area contributed by atoms with Gasteiger partial charge in [-0.1, -0.05) is 29.8 Å². The Kier molecular flexibility index (Phi) is 7.40. The Labute approximate surface area is 155 Å². The van der Waals surface area contributed by atoms with Gasteiger partial charge in [0.1, 0.15) is 11.5 Å². The Balaban J connectivity index is 1.68. The molecule has 1 N–H and O–H groups in total. The molecular weight excluding hydrogens is 394 g/mol. The third kappa shape index (κ3) is 5.73. The Morgan fingerprint density at radius 3 is 2.71 bits per heavy atom. The van der Waals surface area contributed by atoms with Gasteiger partial charge in [-0.15, -0.1) is 0 Å². The smallest absolute Gasteiger partial charge is 0.220 e. The highest BCUT2D eigenvalue weighted by molar-refractivity contribution is 9.10. The molecule has 6 heteroatoms. The van der Waals surface area contributed by atoms with Crippen molar-refractivity contribution in [1.82, 2.24) is 5.32 Å². The molecule has 0 spiro atoms. The lowest BCUT2D eigenvalue weighted by Gasteiger charge is -2.09. The van der Waals surface area contributed by atoms with E-state index in [1.807, 2.05) is 36.4 Å². The number of methoxy groups -OCH3 is 1. The molecular formula is C18H19BrClNO3. The molecule has 2 aromatic rings. The monoisotopic (exact) mass is 411 g/mol. The summed E-state index contributed by atoms with van der Waals surface area (Å²) in [7, 11) is 1.62. The standard InChI is InChI=1S/C18H19BrClNO3/c1-23-16-9-8-13(11-14(16)19)12-21-18(22)7-4-10-24-17-6-3-2-5-15(17)20/h2-3,5-6,8-9,11H,4,7,10,12H2,1H3,(H,21,22).